The van der Waals surface area contributed by atoms with Crippen molar-refractivity contribution in [2.24, 2.45) is 0 Å². The molecule has 1 amide bonds. The highest BCUT2D eigenvalue weighted by atomic mass is 16.6. The average Bonchev–Trinajstić information content (AvgIpc) is 2.61. The van der Waals surface area contributed by atoms with E-state index in [9.17, 15) is 19.7 Å². The molecule has 8 nitrogen and oxygen atoms in total. The number of hydrogen-bond acceptors (Lipinski definition) is 6. The minimum Gasteiger partial charge on any atom is -0.452 e. The van der Waals surface area contributed by atoms with Crippen LogP contribution in [0.3, 0.4) is 0 Å². The molecule has 0 spiro atoms. The maximum absolute atomic E-state index is 11.8. The number of nitro groups is 1. The predicted octanol–water partition coefficient (Wildman–Crippen LogP) is 2.46. The fraction of sp³-hybridized carbons (Fsp3) is 0.118. The van der Waals surface area contributed by atoms with Crippen LogP contribution < -0.4 is 5.32 Å². The van der Waals surface area contributed by atoms with Gasteiger partial charge in [0, 0.05) is 17.8 Å². The van der Waals surface area contributed by atoms with Crippen molar-refractivity contribution >= 4 is 23.3 Å². The summed E-state index contributed by atoms with van der Waals surface area (Å²) >= 11 is 0. The normalized spacial score (nSPS) is 9.72. The molecule has 126 valence electrons. The third-order valence-electron chi connectivity index (χ3n) is 3.15. The first-order chi connectivity index (χ1) is 12.0. The number of rotatable bonds is 6. The standard InChI is InChI=1S/C17H13N3O5/c18-9-8-12-4-6-14(7-5-12)19-16(21)11-25-17(22)13-2-1-3-15(10-13)20(23)24/h1-7,10H,8,11H2,(H,19,21). The molecule has 0 aliphatic rings. The number of anilines is 1. The number of nitriles is 1. The van der Waals surface area contributed by atoms with Gasteiger partial charge in [-0.05, 0) is 23.8 Å². The molecule has 2 rings (SSSR count). The van der Waals surface area contributed by atoms with Crippen LogP contribution in [-0.4, -0.2) is 23.4 Å². The summed E-state index contributed by atoms with van der Waals surface area (Å²) in [6.45, 7) is -0.526. The number of carbonyl (C=O) groups is 2. The van der Waals surface area contributed by atoms with Crippen LogP contribution in [0.1, 0.15) is 15.9 Å². The summed E-state index contributed by atoms with van der Waals surface area (Å²) in [5.74, 6) is -1.38. The molecule has 0 heterocycles. The van der Waals surface area contributed by atoms with Crippen LogP contribution >= 0.6 is 0 Å². The highest BCUT2D eigenvalue weighted by Crippen LogP contribution is 2.14. The van der Waals surface area contributed by atoms with E-state index in [1.165, 1.54) is 18.2 Å². The van der Waals surface area contributed by atoms with Crippen molar-refractivity contribution in [1.29, 1.82) is 5.26 Å². The van der Waals surface area contributed by atoms with Crippen molar-refractivity contribution in [3.05, 3.63) is 69.8 Å². The molecule has 0 aromatic heterocycles. The molecule has 0 saturated heterocycles. The lowest BCUT2D eigenvalue weighted by molar-refractivity contribution is -0.384. The third-order valence-corrected chi connectivity index (χ3v) is 3.15. The van der Waals surface area contributed by atoms with Crippen LogP contribution in [0.25, 0.3) is 0 Å². The van der Waals surface area contributed by atoms with Crippen LogP contribution in [0.15, 0.2) is 48.5 Å². The Bertz CT molecular complexity index is 840. The van der Waals surface area contributed by atoms with Gasteiger partial charge in [-0.25, -0.2) is 4.79 Å². The minimum absolute atomic E-state index is 0.0112. The minimum atomic E-state index is -0.830. The molecule has 0 radical (unpaired) electrons. The van der Waals surface area contributed by atoms with Crippen molar-refractivity contribution < 1.29 is 19.2 Å². The van der Waals surface area contributed by atoms with Gasteiger partial charge in [-0.1, -0.05) is 18.2 Å². The average molecular weight is 339 g/mol. The van der Waals surface area contributed by atoms with Crippen LogP contribution in [0.4, 0.5) is 11.4 Å². The zero-order valence-corrected chi connectivity index (χ0v) is 13.0. The summed E-state index contributed by atoms with van der Waals surface area (Å²) in [6.07, 6.45) is 0.273. The molecule has 0 atom stereocenters. The van der Waals surface area contributed by atoms with Gasteiger partial charge < -0.3 is 10.1 Å². The predicted molar refractivity (Wildman–Crippen MR) is 87.8 cm³/mol. The molecule has 0 unspecified atom stereocenters. The van der Waals surface area contributed by atoms with Crippen molar-refractivity contribution in [2.75, 3.05) is 11.9 Å². The largest absolute Gasteiger partial charge is 0.452 e. The number of hydrogen-bond donors (Lipinski definition) is 1. The lowest BCUT2D eigenvalue weighted by Gasteiger charge is -2.07. The Labute approximate surface area is 142 Å². The second-order valence-corrected chi connectivity index (χ2v) is 4.96. The van der Waals surface area contributed by atoms with E-state index in [2.05, 4.69) is 5.32 Å². The van der Waals surface area contributed by atoms with Gasteiger partial charge in [0.05, 0.1) is 23.0 Å². The van der Waals surface area contributed by atoms with E-state index in [-0.39, 0.29) is 17.7 Å². The van der Waals surface area contributed by atoms with Gasteiger partial charge in [-0.2, -0.15) is 5.26 Å². The quantitative estimate of drug-likeness (QED) is 0.490. The molecular formula is C17H13N3O5. The van der Waals surface area contributed by atoms with Crippen molar-refractivity contribution in [3.63, 3.8) is 0 Å². The molecule has 0 aliphatic heterocycles. The fourth-order valence-electron chi connectivity index (χ4n) is 1.96. The van der Waals surface area contributed by atoms with E-state index >= 15 is 0 Å². The van der Waals surface area contributed by atoms with E-state index < -0.39 is 23.4 Å². The number of nitrogens with one attached hydrogen (secondary N) is 1. The Morgan fingerprint density at radius 3 is 2.56 bits per heavy atom. The summed E-state index contributed by atoms with van der Waals surface area (Å²) in [6, 6.07) is 13.7. The van der Waals surface area contributed by atoms with Gasteiger partial charge in [0.2, 0.25) is 0 Å². The number of non-ortho nitro benzene ring substituents is 1. The Morgan fingerprint density at radius 2 is 1.92 bits per heavy atom. The van der Waals surface area contributed by atoms with Crippen molar-refractivity contribution in [3.8, 4) is 6.07 Å². The summed E-state index contributed by atoms with van der Waals surface area (Å²) in [7, 11) is 0. The van der Waals surface area contributed by atoms with Crippen molar-refractivity contribution in [1.82, 2.24) is 0 Å². The first-order valence-electron chi connectivity index (χ1n) is 7.17. The molecule has 2 aromatic carbocycles. The number of benzene rings is 2. The van der Waals surface area contributed by atoms with E-state index in [1.54, 1.807) is 24.3 Å². The number of nitrogens with zero attached hydrogens (tertiary/aromatic N) is 2. The lowest BCUT2D eigenvalue weighted by atomic mass is 10.1. The van der Waals surface area contributed by atoms with Crippen LogP contribution in [0, 0.1) is 21.4 Å². The lowest BCUT2D eigenvalue weighted by Crippen LogP contribution is -2.21. The fourth-order valence-corrected chi connectivity index (χ4v) is 1.96. The SMILES string of the molecule is N#CCc1ccc(NC(=O)COC(=O)c2cccc([N+](=O)[O-])c2)cc1. The number of carbonyl (C=O) groups excluding carboxylic acids is 2. The maximum Gasteiger partial charge on any atom is 0.338 e. The van der Waals surface area contributed by atoms with Gasteiger partial charge >= 0.3 is 5.97 Å². The molecule has 8 heteroatoms. The Morgan fingerprint density at radius 1 is 1.20 bits per heavy atom. The molecule has 0 aliphatic carbocycles. The molecule has 1 N–H and O–H groups in total. The van der Waals surface area contributed by atoms with Gasteiger partial charge in [-0.15, -0.1) is 0 Å². The van der Waals surface area contributed by atoms with Crippen molar-refractivity contribution in [2.45, 2.75) is 6.42 Å². The monoisotopic (exact) mass is 339 g/mol. The first kappa shape index (κ1) is 17.6. The molecule has 0 fully saturated rings. The first-order valence-corrected chi connectivity index (χ1v) is 7.17. The summed E-state index contributed by atoms with van der Waals surface area (Å²) in [5.41, 5.74) is 1.06. The van der Waals surface area contributed by atoms with E-state index in [0.29, 0.717) is 5.69 Å². The zero-order chi connectivity index (χ0) is 18.2. The summed E-state index contributed by atoms with van der Waals surface area (Å²) in [5, 5.41) is 21.8. The zero-order valence-electron chi connectivity index (χ0n) is 13.0. The molecule has 25 heavy (non-hydrogen) atoms. The molecular weight excluding hydrogens is 326 g/mol. The van der Waals surface area contributed by atoms with Crippen LogP contribution in [0.2, 0.25) is 0 Å². The highest BCUT2D eigenvalue weighted by molar-refractivity contribution is 5.95. The Balaban J connectivity index is 1.89. The van der Waals surface area contributed by atoms with E-state index in [1.807, 2.05) is 6.07 Å². The van der Waals surface area contributed by atoms with E-state index in [4.69, 9.17) is 10.00 Å². The maximum atomic E-state index is 11.8. The molecule has 0 bridgehead atoms. The molecule has 2 aromatic rings. The third kappa shape index (κ3) is 5.14. The number of esters is 1. The summed E-state index contributed by atoms with van der Waals surface area (Å²) in [4.78, 5) is 33.7. The topological polar surface area (TPSA) is 122 Å². The summed E-state index contributed by atoms with van der Waals surface area (Å²) < 4.78 is 4.84. The van der Waals surface area contributed by atoms with Gasteiger partial charge in [0.1, 0.15) is 0 Å². The van der Waals surface area contributed by atoms with E-state index in [0.717, 1.165) is 11.6 Å². The number of nitro benzene ring substituents is 1. The van der Waals surface area contributed by atoms with Gasteiger partial charge in [0.25, 0.3) is 11.6 Å². The van der Waals surface area contributed by atoms with Crippen LogP contribution in [-0.2, 0) is 16.0 Å². The Hall–Kier alpha value is -3.73. The van der Waals surface area contributed by atoms with Gasteiger partial charge in [-0.3, -0.25) is 14.9 Å². The second-order valence-electron chi connectivity index (χ2n) is 4.96. The number of amides is 1. The smallest absolute Gasteiger partial charge is 0.338 e. The Kier molecular flexibility index (Phi) is 5.79. The molecule has 0 saturated carbocycles. The van der Waals surface area contributed by atoms with Crippen LogP contribution in [0.5, 0.6) is 0 Å². The highest BCUT2D eigenvalue weighted by Gasteiger charge is 2.14. The second kappa shape index (κ2) is 8.21. The number of ether oxygens (including phenoxy) is 1. The van der Waals surface area contributed by atoms with Gasteiger partial charge in [0.15, 0.2) is 6.61 Å².